The molecule has 0 aliphatic carbocycles. The average molecular weight is 1370 g/mol. The van der Waals surface area contributed by atoms with Crippen LogP contribution in [0.3, 0.4) is 0 Å². The van der Waals surface area contributed by atoms with Crippen LogP contribution in [0, 0.1) is 0 Å². The lowest BCUT2D eigenvalue weighted by molar-refractivity contribution is -0.138. The van der Waals surface area contributed by atoms with Crippen LogP contribution >= 0.6 is 0 Å². The first-order chi connectivity index (χ1) is 44.5. The van der Waals surface area contributed by atoms with Crippen LogP contribution in [0.1, 0.15) is 124 Å². The molecule has 6 unspecified atom stereocenters. The van der Waals surface area contributed by atoms with E-state index in [2.05, 4.69) is 24.9 Å². The van der Waals surface area contributed by atoms with Gasteiger partial charge in [0.2, 0.25) is 0 Å². The van der Waals surface area contributed by atoms with Crippen LogP contribution < -0.4 is 44.5 Å². The van der Waals surface area contributed by atoms with E-state index in [4.69, 9.17) is 24.9 Å². The van der Waals surface area contributed by atoms with E-state index in [1.807, 2.05) is 14.7 Å². The molecule has 514 valence electrons. The number of hydrogen-bond donors (Lipinski definition) is 2. The van der Waals surface area contributed by atoms with E-state index in [9.17, 15) is 84.1 Å². The van der Waals surface area contributed by atoms with Crippen molar-refractivity contribution in [2.75, 3.05) is 14.7 Å². The summed E-state index contributed by atoms with van der Waals surface area (Å²) in [5, 5.41) is 13.7. The van der Waals surface area contributed by atoms with Crippen molar-refractivity contribution in [1.82, 2.24) is 15.0 Å². The molecule has 14 nitrogen and oxygen atoms in total. The van der Waals surface area contributed by atoms with Gasteiger partial charge in [0.05, 0.1) is 39.1 Å². The zero-order valence-electron chi connectivity index (χ0n) is 50.1. The highest BCUT2D eigenvalue weighted by Gasteiger charge is 2.47. The highest BCUT2D eigenvalue weighted by molar-refractivity contribution is 5.78. The number of fused-ring (bicyclic) bond motifs is 6. The van der Waals surface area contributed by atoms with Crippen LogP contribution in [0.25, 0.3) is 0 Å². The molecule has 6 aliphatic rings. The lowest BCUT2D eigenvalue weighted by Crippen LogP contribution is -2.46. The van der Waals surface area contributed by atoms with E-state index in [0.29, 0.717) is 67.8 Å². The third-order valence-corrected chi connectivity index (χ3v) is 17.3. The van der Waals surface area contributed by atoms with Crippen molar-refractivity contribution in [3.8, 4) is 34.5 Å². The quantitative estimate of drug-likeness (QED) is 0.0679. The smallest absolute Gasteiger partial charge is 0.417 e. The Labute approximate surface area is 530 Å². The number of benzene rings is 3. The second kappa shape index (κ2) is 27.1. The second-order valence-electron chi connectivity index (χ2n) is 24.0. The molecule has 6 aliphatic heterocycles. The van der Waals surface area contributed by atoms with Crippen molar-refractivity contribution in [3.05, 3.63) is 143 Å². The molecule has 0 amide bonds. The molecule has 0 spiro atoms. The number of nitrogens with zero attached hydrogens (tertiary/aromatic N) is 7. The summed E-state index contributed by atoms with van der Waals surface area (Å²) < 4.78 is 249. The monoisotopic (exact) mass is 1370 g/mol. The molecular formula is C63H60F18N8O6. The molecular weight excluding hydrogens is 1310 g/mol. The van der Waals surface area contributed by atoms with Gasteiger partial charge in [-0.2, -0.15) is 84.9 Å². The predicted octanol–water partition coefficient (Wildman–Crippen LogP) is 16.8. The molecule has 6 aromatic rings. The summed E-state index contributed by atoms with van der Waals surface area (Å²) in [6.07, 6.45) is -17.3. The molecule has 3 aromatic carbocycles. The predicted molar refractivity (Wildman–Crippen MR) is 307 cm³/mol. The van der Waals surface area contributed by atoms with Gasteiger partial charge in [0, 0.05) is 93.4 Å². The van der Waals surface area contributed by atoms with Gasteiger partial charge >= 0.3 is 37.1 Å². The van der Waals surface area contributed by atoms with Gasteiger partial charge in [-0.1, -0.05) is 5.16 Å². The zero-order valence-corrected chi connectivity index (χ0v) is 50.1. The summed E-state index contributed by atoms with van der Waals surface area (Å²) >= 11 is 0. The lowest BCUT2D eigenvalue weighted by Gasteiger charge is -2.39. The minimum atomic E-state index is -4.56. The van der Waals surface area contributed by atoms with Crippen LogP contribution in [-0.2, 0) is 37.1 Å². The van der Waals surface area contributed by atoms with Gasteiger partial charge in [-0.15, -0.1) is 0 Å². The number of pyridine rings is 3. The van der Waals surface area contributed by atoms with Crippen molar-refractivity contribution < 1.29 is 108 Å². The van der Waals surface area contributed by atoms with E-state index >= 15 is 0 Å². The third kappa shape index (κ3) is 16.5. The minimum Gasteiger partial charge on any atom is -0.504 e. The summed E-state index contributed by atoms with van der Waals surface area (Å²) in [5.41, 5.74) is -4.63. The number of nitrogens with two attached hydrogens (primary N) is 1. The van der Waals surface area contributed by atoms with Crippen LogP contribution in [0.5, 0.6) is 34.5 Å². The largest absolute Gasteiger partial charge is 0.504 e. The molecule has 3 N–H and O–H groups in total. The SMILES string of the molecule is CC(C)=NOc1cc(C(F)(F)F)ccc1OC1CC2CC[C@@H](C1)N2c1ccc(C(F)(F)F)cn1.NOc1cc(C(F)(F)F)ccc1OC1CC2CC[C@@H](C1)N2c1ccc(C(F)(F)F)cn1.Oc1cc(C(F)(F)F)ccc1OC1CC2CC[C@@H](C1)N2c1ccc(C(F)(F)F)cn1. The number of phenolic OH excluding ortho intramolecular Hbond substituents is 1. The highest BCUT2D eigenvalue weighted by Crippen LogP contribution is 2.47. The fourth-order valence-electron chi connectivity index (χ4n) is 13.1. The number of phenols is 1. The zero-order chi connectivity index (χ0) is 68.7. The molecule has 0 saturated carbocycles. The van der Waals surface area contributed by atoms with Gasteiger partial charge < -0.3 is 43.7 Å². The summed E-state index contributed by atoms with van der Waals surface area (Å²) in [7, 11) is 0. The summed E-state index contributed by atoms with van der Waals surface area (Å²) in [4.78, 5) is 27.8. The molecule has 6 fully saturated rings. The van der Waals surface area contributed by atoms with Crippen molar-refractivity contribution in [2.24, 2.45) is 11.1 Å². The molecule has 9 atom stereocenters. The maximum atomic E-state index is 13.2. The van der Waals surface area contributed by atoms with E-state index in [0.717, 1.165) is 112 Å². The topological polar surface area (TPSA) is 153 Å². The van der Waals surface area contributed by atoms with Gasteiger partial charge in [0.25, 0.3) is 0 Å². The van der Waals surface area contributed by atoms with Crippen molar-refractivity contribution in [1.29, 1.82) is 0 Å². The molecule has 12 rings (SSSR count). The average Bonchev–Trinajstić information content (AvgIpc) is 1.67. The fraction of sp³-hybridized carbons (Fsp3) is 0.460. The Morgan fingerprint density at radius 3 is 0.937 bits per heavy atom. The number of aromatic nitrogens is 3. The van der Waals surface area contributed by atoms with E-state index in [-0.39, 0.29) is 83.3 Å². The van der Waals surface area contributed by atoms with Crippen LogP contribution in [0.4, 0.5) is 96.5 Å². The number of halogens is 18. The minimum absolute atomic E-state index is 0.00251. The van der Waals surface area contributed by atoms with Crippen LogP contribution in [0.2, 0.25) is 0 Å². The van der Waals surface area contributed by atoms with Crippen molar-refractivity contribution >= 4 is 23.2 Å². The number of piperidine rings is 3. The van der Waals surface area contributed by atoms with Gasteiger partial charge in [-0.3, -0.25) is 0 Å². The normalized spacial score (nSPS) is 23.4. The summed E-state index contributed by atoms with van der Waals surface area (Å²) in [6.45, 7) is 3.30. The molecule has 6 bridgehead atoms. The van der Waals surface area contributed by atoms with Gasteiger partial charge in [-0.05, 0) is 143 Å². The van der Waals surface area contributed by atoms with E-state index < -0.39 is 76.2 Å². The molecule has 6 saturated heterocycles. The Bertz CT molecular complexity index is 3600. The molecule has 3 aromatic heterocycles. The molecule has 32 heteroatoms. The van der Waals surface area contributed by atoms with Crippen LogP contribution in [-0.4, -0.2) is 80.3 Å². The maximum Gasteiger partial charge on any atom is 0.417 e. The summed E-state index contributed by atoms with van der Waals surface area (Å²) in [6, 6.07) is 15.6. The Hall–Kier alpha value is -8.32. The molecule has 9 heterocycles. The Morgan fingerprint density at radius 1 is 0.389 bits per heavy atom. The van der Waals surface area contributed by atoms with Crippen LogP contribution in [0.15, 0.2) is 115 Å². The number of hydrogen-bond acceptors (Lipinski definition) is 14. The lowest BCUT2D eigenvalue weighted by atomic mass is 9.99. The number of aromatic hydroxyl groups is 1. The standard InChI is InChI=1S/C23H23F6N3O2.C20H19F6N3O2.C20H18F6N2O2/c1-13(2)31-34-20-9-14(22(24,25)26)3-7-19(20)33-18-10-16-5-6-17(11-18)32(16)21-8-4-15(12-30-21)23(27,28)29;21-19(22,23)11-1-5-16(17(7-11)31-27)30-15-8-13-3-4-14(9-15)29(13)18-6-2-12(10-28-18)20(24,25)26;21-19(22,23)11-1-5-17(16(29)7-11)30-15-8-13-3-4-14(9-15)28(13)18-6-2-12(10-27-18)20(24,25)26/h3-4,7-9,12,16-18H,5-6,10-11H2,1-2H3;1-2,5-7,10,13-15H,3-4,8-9,27H2;1-2,5-7,10,13-15,29H,3-4,8-9H2/t16-,17?,18?;2*13-,14?,15?/m000/s1. The number of alkyl halides is 18. The summed E-state index contributed by atoms with van der Waals surface area (Å²) in [5.74, 6) is 5.87. The van der Waals surface area contributed by atoms with E-state index in [1.54, 1.807) is 13.8 Å². The van der Waals surface area contributed by atoms with Gasteiger partial charge in [-0.25, -0.2) is 15.0 Å². The van der Waals surface area contributed by atoms with Gasteiger partial charge in [0.1, 0.15) is 35.8 Å². The maximum absolute atomic E-state index is 13.2. The van der Waals surface area contributed by atoms with Crippen molar-refractivity contribution in [3.63, 3.8) is 0 Å². The highest BCUT2D eigenvalue weighted by atomic mass is 19.4. The first-order valence-electron chi connectivity index (χ1n) is 29.8. The number of ether oxygens (including phenoxy) is 3. The second-order valence-corrected chi connectivity index (χ2v) is 24.0. The Morgan fingerprint density at radius 2 is 0.663 bits per heavy atom. The van der Waals surface area contributed by atoms with Crippen molar-refractivity contribution in [2.45, 2.75) is 183 Å². The molecule has 0 radical (unpaired) electrons. The fourth-order valence-corrected chi connectivity index (χ4v) is 13.1. The Balaban J connectivity index is 0.000000156. The first-order valence-corrected chi connectivity index (χ1v) is 29.8. The number of rotatable bonds is 12. The van der Waals surface area contributed by atoms with Gasteiger partial charge in [0.15, 0.2) is 34.5 Å². The van der Waals surface area contributed by atoms with E-state index in [1.165, 1.54) is 30.3 Å². The third-order valence-electron chi connectivity index (χ3n) is 17.3. The number of oxime groups is 1. The Kier molecular flexibility index (Phi) is 19.8. The number of anilines is 3. The first kappa shape index (κ1) is 69.5. The molecule has 95 heavy (non-hydrogen) atoms.